The van der Waals surface area contributed by atoms with E-state index in [1.54, 1.807) is 13.0 Å². The van der Waals surface area contributed by atoms with Crippen molar-refractivity contribution in [2.45, 2.75) is 13.1 Å². The van der Waals surface area contributed by atoms with Gasteiger partial charge in [0.05, 0.1) is 11.8 Å². The lowest BCUT2D eigenvalue weighted by Gasteiger charge is -2.10. The number of carbonyl (C=O) groups excluding carboxylic acids is 1. The standard InChI is InChI=1S/C14H11F3N2O2S/c1-8-6-7-21-11(8)12(20)19-13(22)18-10-4-2-9(3-5-10)14(15,16)17/h2-7H,1H3,(H2,18,19,20,22). The van der Waals surface area contributed by atoms with E-state index in [1.165, 1.54) is 18.4 Å². The number of rotatable bonds is 2. The van der Waals surface area contributed by atoms with Crippen LogP contribution in [0.15, 0.2) is 41.0 Å². The molecule has 0 aliphatic heterocycles. The highest BCUT2D eigenvalue weighted by Gasteiger charge is 2.29. The second-order valence-electron chi connectivity index (χ2n) is 4.42. The summed E-state index contributed by atoms with van der Waals surface area (Å²) in [6.45, 7) is 1.70. The van der Waals surface area contributed by atoms with Gasteiger partial charge in [-0.3, -0.25) is 10.1 Å². The molecule has 0 fully saturated rings. The number of halogens is 3. The summed E-state index contributed by atoms with van der Waals surface area (Å²) >= 11 is 4.93. The number of benzene rings is 1. The van der Waals surface area contributed by atoms with Crippen LogP contribution in [0, 0.1) is 6.92 Å². The number of nitrogens with one attached hydrogen (secondary N) is 2. The van der Waals surface area contributed by atoms with Crippen LogP contribution in [0.2, 0.25) is 0 Å². The molecule has 2 aromatic rings. The molecule has 2 rings (SSSR count). The summed E-state index contributed by atoms with van der Waals surface area (Å²) in [5, 5.41) is 4.96. The van der Waals surface area contributed by atoms with E-state index < -0.39 is 17.6 Å². The van der Waals surface area contributed by atoms with Crippen LogP contribution in [-0.2, 0) is 6.18 Å². The Labute approximate surface area is 129 Å². The van der Waals surface area contributed by atoms with Crippen LogP contribution in [0.1, 0.15) is 21.7 Å². The van der Waals surface area contributed by atoms with Crippen molar-refractivity contribution in [2.24, 2.45) is 0 Å². The lowest BCUT2D eigenvalue weighted by Crippen LogP contribution is -2.34. The zero-order valence-corrected chi connectivity index (χ0v) is 12.1. The molecule has 0 saturated carbocycles. The lowest BCUT2D eigenvalue weighted by molar-refractivity contribution is -0.137. The fourth-order valence-corrected chi connectivity index (χ4v) is 1.88. The van der Waals surface area contributed by atoms with Gasteiger partial charge >= 0.3 is 6.18 Å². The Morgan fingerprint density at radius 1 is 1.18 bits per heavy atom. The molecular weight excluding hydrogens is 317 g/mol. The lowest BCUT2D eigenvalue weighted by atomic mass is 10.2. The Balaban J connectivity index is 1.98. The molecule has 1 aromatic heterocycles. The highest BCUT2D eigenvalue weighted by atomic mass is 32.1. The van der Waals surface area contributed by atoms with Crippen LogP contribution in [0.3, 0.4) is 0 Å². The van der Waals surface area contributed by atoms with Crippen LogP contribution >= 0.6 is 12.2 Å². The third-order valence-electron chi connectivity index (χ3n) is 2.77. The fourth-order valence-electron chi connectivity index (χ4n) is 1.67. The number of thiocarbonyl (C=S) groups is 1. The van der Waals surface area contributed by atoms with Crippen molar-refractivity contribution in [1.82, 2.24) is 5.32 Å². The Morgan fingerprint density at radius 3 is 2.32 bits per heavy atom. The Hall–Kier alpha value is -2.35. The minimum Gasteiger partial charge on any atom is -0.459 e. The van der Waals surface area contributed by atoms with Crippen molar-refractivity contribution in [3.8, 4) is 0 Å². The molecule has 0 saturated heterocycles. The minimum absolute atomic E-state index is 0.0411. The van der Waals surface area contributed by atoms with Gasteiger partial charge in [-0.25, -0.2) is 0 Å². The van der Waals surface area contributed by atoms with Gasteiger partial charge in [-0.15, -0.1) is 0 Å². The first kappa shape index (κ1) is 16.0. The molecule has 1 heterocycles. The summed E-state index contributed by atoms with van der Waals surface area (Å²) in [5.74, 6) is -0.413. The number of aryl methyl sites for hydroxylation is 1. The molecule has 4 nitrogen and oxygen atoms in total. The van der Waals surface area contributed by atoms with Gasteiger partial charge in [0, 0.05) is 11.3 Å². The molecule has 1 aromatic carbocycles. The van der Waals surface area contributed by atoms with Gasteiger partial charge in [-0.1, -0.05) is 0 Å². The molecule has 2 N–H and O–H groups in total. The van der Waals surface area contributed by atoms with Crippen LogP contribution in [0.5, 0.6) is 0 Å². The van der Waals surface area contributed by atoms with Crippen LogP contribution in [0.4, 0.5) is 18.9 Å². The van der Waals surface area contributed by atoms with E-state index in [4.69, 9.17) is 16.6 Å². The predicted octanol–water partition coefficient (Wildman–Crippen LogP) is 3.73. The third kappa shape index (κ3) is 3.85. The van der Waals surface area contributed by atoms with Crippen molar-refractivity contribution in [3.05, 3.63) is 53.5 Å². The summed E-state index contributed by atoms with van der Waals surface area (Å²) < 4.78 is 42.3. The molecular formula is C14H11F3N2O2S. The SMILES string of the molecule is Cc1ccoc1C(=O)NC(=S)Nc1ccc(C(F)(F)F)cc1. The van der Waals surface area contributed by atoms with E-state index in [0.29, 0.717) is 11.3 Å². The number of alkyl halides is 3. The topological polar surface area (TPSA) is 54.3 Å². The Bertz CT molecular complexity index is 693. The van der Waals surface area contributed by atoms with Gasteiger partial charge in [0.1, 0.15) is 0 Å². The van der Waals surface area contributed by atoms with Gasteiger partial charge in [0.15, 0.2) is 10.9 Å². The maximum atomic E-state index is 12.4. The molecule has 8 heteroatoms. The molecule has 0 spiro atoms. The second kappa shape index (κ2) is 6.18. The molecule has 1 amide bonds. The minimum atomic E-state index is -4.40. The van der Waals surface area contributed by atoms with Crippen molar-refractivity contribution in [2.75, 3.05) is 5.32 Å². The molecule has 22 heavy (non-hydrogen) atoms. The summed E-state index contributed by atoms with van der Waals surface area (Å²) in [6, 6.07) is 5.91. The van der Waals surface area contributed by atoms with E-state index in [9.17, 15) is 18.0 Å². The number of amides is 1. The maximum Gasteiger partial charge on any atom is 0.416 e. The van der Waals surface area contributed by atoms with Crippen LogP contribution < -0.4 is 10.6 Å². The van der Waals surface area contributed by atoms with Gasteiger partial charge in [0.2, 0.25) is 0 Å². The van der Waals surface area contributed by atoms with Crippen LogP contribution in [0.25, 0.3) is 0 Å². The number of anilines is 1. The van der Waals surface area contributed by atoms with Crippen molar-refractivity contribution in [3.63, 3.8) is 0 Å². The Morgan fingerprint density at radius 2 is 1.82 bits per heavy atom. The van der Waals surface area contributed by atoms with E-state index in [-0.39, 0.29) is 10.9 Å². The monoisotopic (exact) mass is 328 g/mol. The highest BCUT2D eigenvalue weighted by molar-refractivity contribution is 7.80. The Kier molecular flexibility index (Phi) is 4.51. The molecule has 0 radical (unpaired) electrons. The smallest absolute Gasteiger partial charge is 0.416 e. The van der Waals surface area contributed by atoms with Crippen molar-refractivity contribution in [1.29, 1.82) is 0 Å². The van der Waals surface area contributed by atoms with E-state index in [2.05, 4.69) is 10.6 Å². The van der Waals surface area contributed by atoms with Crippen molar-refractivity contribution >= 4 is 28.9 Å². The second-order valence-corrected chi connectivity index (χ2v) is 4.82. The average molecular weight is 328 g/mol. The molecule has 0 aliphatic carbocycles. The van der Waals surface area contributed by atoms with Crippen molar-refractivity contribution < 1.29 is 22.4 Å². The molecule has 116 valence electrons. The molecule has 0 aliphatic rings. The zero-order valence-electron chi connectivity index (χ0n) is 11.3. The van der Waals surface area contributed by atoms with Gasteiger partial charge < -0.3 is 9.73 Å². The van der Waals surface area contributed by atoms with Crippen LogP contribution in [-0.4, -0.2) is 11.0 Å². The highest BCUT2D eigenvalue weighted by Crippen LogP contribution is 2.29. The summed E-state index contributed by atoms with van der Waals surface area (Å²) in [5.41, 5.74) is 0.212. The first-order valence-corrected chi connectivity index (χ1v) is 6.52. The van der Waals surface area contributed by atoms with Gasteiger partial charge in [-0.2, -0.15) is 13.2 Å². The first-order valence-electron chi connectivity index (χ1n) is 6.11. The van der Waals surface area contributed by atoms with Gasteiger partial charge in [0.25, 0.3) is 5.91 Å². The normalized spacial score (nSPS) is 11.1. The molecule has 0 atom stereocenters. The zero-order chi connectivity index (χ0) is 16.3. The number of hydrogen-bond acceptors (Lipinski definition) is 3. The summed E-state index contributed by atoms with van der Waals surface area (Å²) in [6.07, 6.45) is -3.03. The number of carbonyl (C=O) groups is 1. The number of furan rings is 1. The first-order chi connectivity index (χ1) is 10.3. The summed E-state index contributed by atoms with van der Waals surface area (Å²) in [4.78, 5) is 11.8. The fraction of sp³-hybridized carbons (Fsp3) is 0.143. The third-order valence-corrected chi connectivity index (χ3v) is 2.97. The van der Waals surface area contributed by atoms with E-state index in [1.807, 2.05) is 0 Å². The number of hydrogen-bond donors (Lipinski definition) is 2. The van der Waals surface area contributed by atoms with E-state index >= 15 is 0 Å². The largest absolute Gasteiger partial charge is 0.459 e. The predicted molar refractivity (Wildman–Crippen MR) is 78.6 cm³/mol. The maximum absolute atomic E-state index is 12.4. The summed E-state index contributed by atoms with van der Waals surface area (Å²) in [7, 11) is 0. The quantitative estimate of drug-likeness (QED) is 0.825. The molecule has 0 unspecified atom stereocenters. The molecule has 0 bridgehead atoms. The van der Waals surface area contributed by atoms with Gasteiger partial charge in [-0.05, 0) is 49.5 Å². The van der Waals surface area contributed by atoms with E-state index in [0.717, 1.165) is 12.1 Å². The average Bonchev–Trinajstić information content (AvgIpc) is 2.84.